The van der Waals surface area contributed by atoms with Crippen LogP contribution in [0.5, 0.6) is 0 Å². The van der Waals surface area contributed by atoms with Gasteiger partial charge in [-0.05, 0) is 49.0 Å². The second-order valence-corrected chi connectivity index (χ2v) is 6.79. The molecule has 0 spiro atoms. The van der Waals surface area contributed by atoms with E-state index in [1.807, 2.05) is 11.0 Å². The van der Waals surface area contributed by atoms with Crippen LogP contribution in [0.4, 0.5) is 14.5 Å². The summed E-state index contributed by atoms with van der Waals surface area (Å²) >= 11 is 5.18. The molecule has 0 saturated carbocycles. The molecule has 1 fully saturated rings. The van der Waals surface area contributed by atoms with Gasteiger partial charge in [-0.15, -0.1) is 0 Å². The van der Waals surface area contributed by atoms with Gasteiger partial charge in [0, 0.05) is 25.2 Å². The normalized spacial score (nSPS) is 14.7. The van der Waals surface area contributed by atoms with E-state index >= 15 is 0 Å². The van der Waals surface area contributed by atoms with Gasteiger partial charge in [-0.1, -0.05) is 18.2 Å². The van der Waals surface area contributed by atoms with Crippen LogP contribution in [-0.2, 0) is 11.3 Å². The van der Waals surface area contributed by atoms with Crippen LogP contribution in [0.3, 0.4) is 0 Å². The Balaban J connectivity index is 1.55. The Morgan fingerprint density at radius 3 is 2.54 bits per heavy atom. The fourth-order valence-electron chi connectivity index (χ4n) is 2.82. The first-order chi connectivity index (χ1) is 13.5. The topological polar surface area (TPSA) is 48.9 Å². The van der Waals surface area contributed by atoms with E-state index in [1.165, 1.54) is 18.2 Å². The summed E-state index contributed by atoms with van der Waals surface area (Å²) in [6.45, 7) is 4.79. The third kappa shape index (κ3) is 5.46. The van der Waals surface area contributed by atoms with Crippen LogP contribution in [0.15, 0.2) is 47.6 Å². The predicted molar refractivity (Wildman–Crippen MR) is 111 cm³/mol. The van der Waals surface area contributed by atoms with Crippen molar-refractivity contribution in [3.05, 3.63) is 65.2 Å². The highest BCUT2D eigenvalue weighted by Gasteiger charge is 2.15. The van der Waals surface area contributed by atoms with Crippen molar-refractivity contribution in [1.29, 1.82) is 0 Å². The number of hydrogen-bond acceptors (Lipinski definition) is 4. The van der Waals surface area contributed by atoms with Gasteiger partial charge in [-0.3, -0.25) is 5.43 Å². The monoisotopic (exact) mass is 404 g/mol. The number of morpholine rings is 1. The van der Waals surface area contributed by atoms with Crippen LogP contribution in [0.2, 0.25) is 0 Å². The summed E-state index contributed by atoms with van der Waals surface area (Å²) in [5.41, 5.74) is 5.49. The summed E-state index contributed by atoms with van der Waals surface area (Å²) < 4.78 is 32.7. The van der Waals surface area contributed by atoms with Crippen molar-refractivity contribution in [3.63, 3.8) is 0 Å². The van der Waals surface area contributed by atoms with Gasteiger partial charge in [0.05, 0.1) is 24.6 Å². The number of benzene rings is 2. The van der Waals surface area contributed by atoms with Gasteiger partial charge in [-0.2, -0.15) is 5.10 Å². The highest BCUT2D eigenvalue weighted by atomic mass is 32.1. The van der Waals surface area contributed by atoms with Crippen LogP contribution in [0.25, 0.3) is 0 Å². The first-order valence-corrected chi connectivity index (χ1v) is 9.39. The third-order valence-corrected chi connectivity index (χ3v) is 4.64. The van der Waals surface area contributed by atoms with Crippen LogP contribution >= 0.6 is 12.2 Å². The Labute approximate surface area is 168 Å². The number of thiocarbonyl (C=S) groups is 1. The zero-order valence-corrected chi connectivity index (χ0v) is 16.4. The zero-order valence-electron chi connectivity index (χ0n) is 15.5. The Morgan fingerprint density at radius 1 is 1.14 bits per heavy atom. The molecular weight excluding hydrogens is 382 g/mol. The summed E-state index contributed by atoms with van der Waals surface area (Å²) in [6.07, 6.45) is 0. The van der Waals surface area contributed by atoms with Gasteiger partial charge < -0.3 is 15.0 Å². The lowest BCUT2D eigenvalue weighted by atomic mass is 10.1. The van der Waals surface area contributed by atoms with Gasteiger partial charge >= 0.3 is 0 Å². The van der Waals surface area contributed by atoms with Gasteiger partial charge in [0.1, 0.15) is 11.6 Å². The quantitative estimate of drug-likeness (QED) is 0.455. The molecule has 2 aromatic carbocycles. The van der Waals surface area contributed by atoms with Crippen molar-refractivity contribution >= 4 is 28.7 Å². The second kappa shape index (κ2) is 9.57. The molecule has 0 bridgehead atoms. The molecule has 2 N–H and O–H groups in total. The van der Waals surface area contributed by atoms with Crippen LogP contribution in [0.1, 0.15) is 18.1 Å². The van der Waals surface area contributed by atoms with E-state index in [0.29, 0.717) is 54.9 Å². The van der Waals surface area contributed by atoms with Crippen LogP contribution in [-0.4, -0.2) is 37.1 Å². The molecule has 0 radical (unpaired) electrons. The number of nitrogens with zero attached hydrogens (tertiary/aromatic N) is 2. The first kappa shape index (κ1) is 20.2. The average molecular weight is 404 g/mol. The van der Waals surface area contributed by atoms with Gasteiger partial charge in [-0.25, -0.2) is 8.78 Å². The summed E-state index contributed by atoms with van der Waals surface area (Å²) in [5.74, 6) is -0.567. The van der Waals surface area contributed by atoms with Crippen LogP contribution < -0.4 is 15.6 Å². The molecule has 1 heterocycles. The van der Waals surface area contributed by atoms with Crippen molar-refractivity contribution in [1.82, 2.24) is 10.7 Å². The molecule has 0 unspecified atom stereocenters. The fraction of sp³-hybridized carbons (Fsp3) is 0.300. The maximum Gasteiger partial charge on any atom is 0.187 e. The number of halogens is 2. The zero-order chi connectivity index (χ0) is 19.9. The molecule has 0 amide bonds. The minimum Gasteiger partial charge on any atom is -0.378 e. The Bertz CT molecular complexity index is 852. The Morgan fingerprint density at radius 2 is 1.86 bits per heavy atom. The molecule has 1 aliphatic heterocycles. The number of ether oxygens (including phenoxy) is 1. The molecule has 0 atom stereocenters. The molecule has 2 aromatic rings. The largest absolute Gasteiger partial charge is 0.378 e. The minimum atomic E-state index is -0.286. The molecule has 8 heteroatoms. The molecule has 148 valence electrons. The molecule has 1 saturated heterocycles. The van der Waals surface area contributed by atoms with Gasteiger partial charge in [0.25, 0.3) is 0 Å². The molecule has 5 nitrogen and oxygen atoms in total. The van der Waals surface area contributed by atoms with Crippen LogP contribution in [0, 0.1) is 11.6 Å². The molecular formula is C20H22F2N4OS. The van der Waals surface area contributed by atoms with Crippen molar-refractivity contribution in [2.75, 3.05) is 31.2 Å². The Hall–Kier alpha value is -2.58. The summed E-state index contributed by atoms with van der Waals surface area (Å²) in [6, 6.07) is 11.2. The maximum atomic E-state index is 14.5. The molecule has 0 aromatic heterocycles. The molecule has 28 heavy (non-hydrogen) atoms. The number of anilines is 1. The molecule has 3 rings (SSSR count). The van der Waals surface area contributed by atoms with E-state index in [0.717, 1.165) is 5.56 Å². The SMILES string of the molecule is C/C(=N/NC(=S)NCc1ccc(F)cc1)c1ccc(N2CCOCC2)c(F)c1. The minimum absolute atomic E-state index is 0.281. The third-order valence-electron chi connectivity index (χ3n) is 4.41. The molecule has 0 aliphatic carbocycles. The van der Waals surface area contributed by atoms with Crippen molar-refractivity contribution in [2.45, 2.75) is 13.5 Å². The highest BCUT2D eigenvalue weighted by Crippen LogP contribution is 2.21. The lowest BCUT2D eigenvalue weighted by Gasteiger charge is -2.29. The van der Waals surface area contributed by atoms with Crippen molar-refractivity contribution in [2.24, 2.45) is 5.10 Å². The average Bonchev–Trinajstić information content (AvgIpc) is 2.72. The fourth-order valence-corrected chi connectivity index (χ4v) is 2.93. The second-order valence-electron chi connectivity index (χ2n) is 6.38. The first-order valence-electron chi connectivity index (χ1n) is 8.98. The number of hydrazone groups is 1. The van der Waals surface area contributed by atoms with E-state index in [9.17, 15) is 8.78 Å². The van der Waals surface area contributed by atoms with E-state index in [2.05, 4.69) is 15.8 Å². The highest BCUT2D eigenvalue weighted by molar-refractivity contribution is 7.80. The van der Waals surface area contributed by atoms with E-state index in [1.54, 1.807) is 25.1 Å². The lowest BCUT2D eigenvalue weighted by Crippen LogP contribution is -2.36. The smallest absolute Gasteiger partial charge is 0.187 e. The van der Waals surface area contributed by atoms with E-state index < -0.39 is 0 Å². The van der Waals surface area contributed by atoms with Crippen molar-refractivity contribution < 1.29 is 13.5 Å². The standard InChI is InChI=1S/C20H22F2N4OS/c1-14(24-25-20(28)23-13-15-2-5-17(21)6-3-15)16-4-7-19(18(22)12-16)26-8-10-27-11-9-26/h2-7,12H,8-11,13H2,1H3,(H2,23,25,28)/b24-14-. The lowest BCUT2D eigenvalue weighted by molar-refractivity contribution is 0.122. The van der Waals surface area contributed by atoms with Gasteiger partial charge in [0.2, 0.25) is 0 Å². The number of rotatable bonds is 5. The summed E-state index contributed by atoms with van der Waals surface area (Å²) in [5, 5.41) is 7.52. The summed E-state index contributed by atoms with van der Waals surface area (Å²) in [7, 11) is 0. The Kier molecular flexibility index (Phi) is 6.89. The number of nitrogens with one attached hydrogen (secondary N) is 2. The predicted octanol–water partition coefficient (Wildman–Crippen LogP) is 3.19. The maximum absolute atomic E-state index is 14.5. The number of hydrogen-bond donors (Lipinski definition) is 2. The molecule has 1 aliphatic rings. The van der Waals surface area contributed by atoms with E-state index in [4.69, 9.17) is 17.0 Å². The van der Waals surface area contributed by atoms with Crippen molar-refractivity contribution in [3.8, 4) is 0 Å². The van der Waals surface area contributed by atoms with E-state index in [-0.39, 0.29) is 11.6 Å². The summed E-state index contributed by atoms with van der Waals surface area (Å²) in [4.78, 5) is 1.97. The van der Waals surface area contributed by atoms with Gasteiger partial charge in [0.15, 0.2) is 5.11 Å².